The van der Waals surface area contributed by atoms with Crippen molar-refractivity contribution in [1.29, 1.82) is 0 Å². The molecule has 0 atom stereocenters. The summed E-state index contributed by atoms with van der Waals surface area (Å²) in [5.74, 6) is -0.500. The van der Waals surface area contributed by atoms with Crippen molar-refractivity contribution in [2.75, 3.05) is 0 Å². The molecule has 0 aliphatic carbocycles. The largest absolute Gasteiger partial charge is 0.367 e. The first-order chi connectivity index (χ1) is 6.43. The van der Waals surface area contributed by atoms with Gasteiger partial charge in [-0.15, -0.1) is 0 Å². The number of hydrogen-bond donors (Lipinski definition) is 0. The lowest BCUT2D eigenvalue weighted by molar-refractivity contribution is -0.390. The van der Waals surface area contributed by atoms with Gasteiger partial charge in [-0.3, -0.25) is 0 Å². The Hall–Kier alpha value is -1.59. The zero-order chi connectivity index (χ0) is 10.9. The van der Waals surface area contributed by atoms with Crippen LogP contribution >= 0.6 is 0 Å². The lowest BCUT2D eigenvalue weighted by Gasteiger charge is -2.04. The molecule has 0 aromatic carbocycles. The molecular formula is C8H8F2N2O2. The lowest BCUT2D eigenvalue weighted by Crippen LogP contribution is -2.01. The number of aromatic nitrogens is 1. The van der Waals surface area contributed by atoms with Crippen LogP contribution in [0.5, 0.6) is 0 Å². The molecule has 1 rings (SSSR count). The molecule has 0 aliphatic rings. The molecule has 6 heteroatoms. The van der Waals surface area contributed by atoms with E-state index in [0.717, 1.165) is 6.07 Å². The highest BCUT2D eigenvalue weighted by Crippen LogP contribution is 2.28. The molecule has 0 amide bonds. The molecule has 0 saturated heterocycles. The maximum absolute atomic E-state index is 12.4. The Morgan fingerprint density at radius 2 is 2.07 bits per heavy atom. The molecule has 76 valence electrons. The van der Waals surface area contributed by atoms with E-state index in [0.29, 0.717) is 0 Å². The Labute approximate surface area is 78.7 Å². The van der Waals surface area contributed by atoms with Crippen molar-refractivity contribution < 1.29 is 13.7 Å². The van der Waals surface area contributed by atoms with E-state index in [2.05, 4.69) is 4.98 Å². The van der Waals surface area contributed by atoms with Gasteiger partial charge < -0.3 is 10.1 Å². The van der Waals surface area contributed by atoms with Gasteiger partial charge in [-0.25, -0.2) is 8.78 Å². The van der Waals surface area contributed by atoms with Crippen LogP contribution in [0.4, 0.5) is 14.6 Å². The van der Waals surface area contributed by atoms with Crippen LogP contribution in [0.2, 0.25) is 0 Å². The monoisotopic (exact) mass is 202 g/mol. The SMILES string of the molecule is Cc1cc(C(F)F)c(C)c([N+](=O)[O-])n1. The summed E-state index contributed by atoms with van der Waals surface area (Å²) in [6.07, 6.45) is -2.71. The van der Waals surface area contributed by atoms with E-state index in [1.165, 1.54) is 13.8 Å². The Balaban J connectivity index is 3.40. The number of nitro groups is 1. The van der Waals surface area contributed by atoms with Crippen LogP contribution in [-0.4, -0.2) is 9.91 Å². The smallest absolute Gasteiger partial charge is 0.358 e. The van der Waals surface area contributed by atoms with Crippen LogP contribution in [-0.2, 0) is 0 Å². The average Bonchev–Trinajstić information content (AvgIpc) is 2.07. The summed E-state index contributed by atoms with van der Waals surface area (Å²) in [6.45, 7) is 2.71. The maximum Gasteiger partial charge on any atom is 0.367 e. The first-order valence-corrected chi connectivity index (χ1v) is 3.84. The van der Waals surface area contributed by atoms with E-state index >= 15 is 0 Å². The van der Waals surface area contributed by atoms with Crippen molar-refractivity contribution in [3.05, 3.63) is 33.0 Å². The molecule has 0 bridgehead atoms. The van der Waals surface area contributed by atoms with Crippen LogP contribution in [0, 0.1) is 24.0 Å². The highest BCUT2D eigenvalue weighted by atomic mass is 19.3. The second-order valence-electron chi connectivity index (χ2n) is 2.86. The van der Waals surface area contributed by atoms with E-state index in [4.69, 9.17) is 0 Å². The van der Waals surface area contributed by atoms with Crippen LogP contribution < -0.4 is 0 Å². The van der Waals surface area contributed by atoms with Gasteiger partial charge in [0.2, 0.25) is 0 Å². The lowest BCUT2D eigenvalue weighted by atomic mass is 10.1. The molecule has 4 nitrogen and oxygen atoms in total. The van der Waals surface area contributed by atoms with E-state index in [1.807, 2.05) is 0 Å². The highest BCUT2D eigenvalue weighted by molar-refractivity contribution is 5.40. The van der Waals surface area contributed by atoms with Crippen LogP contribution in [0.15, 0.2) is 6.07 Å². The fourth-order valence-electron chi connectivity index (χ4n) is 1.15. The van der Waals surface area contributed by atoms with Gasteiger partial charge in [-0.1, -0.05) is 0 Å². The van der Waals surface area contributed by atoms with E-state index in [-0.39, 0.29) is 16.8 Å². The number of nitrogens with zero attached hydrogens (tertiary/aromatic N) is 2. The average molecular weight is 202 g/mol. The quantitative estimate of drug-likeness (QED) is 0.547. The number of hydrogen-bond acceptors (Lipinski definition) is 3. The molecule has 0 aliphatic heterocycles. The van der Waals surface area contributed by atoms with Gasteiger partial charge in [0.05, 0.1) is 5.56 Å². The van der Waals surface area contributed by atoms with Crippen molar-refractivity contribution in [2.45, 2.75) is 20.3 Å². The molecule has 0 N–H and O–H groups in total. The minimum absolute atomic E-state index is 0.0735. The van der Waals surface area contributed by atoms with Crippen LogP contribution in [0.25, 0.3) is 0 Å². The molecular weight excluding hydrogens is 194 g/mol. The van der Waals surface area contributed by atoms with Gasteiger partial charge in [0, 0.05) is 12.5 Å². The van der Waals surface area contributed by atoms with Gasteiger partial charge >= 0.3 is 5.82 Å². The summed E-state index contributed by atoms with van der Waals surface area (Å²) in [5, 5.41) is 10.4. The Morgan fingerprint density at radius 1 is 1.50 bits per heavy atom. The molecule has 0 radical (unpaired) electrons. The first kappa shape index (κ1) is 10.5. The van der Waals surface area contributed by atoms with Gasteiger partial charge in [-0.2, -0.15) is 0 Å². The topological polar surface area (TPSA) is 56.0 Å². The van der Waals surface area contributed by atoms with Crippen molar-refractivity contribution in [2.24, 2.45) is 0 Å². The predicted octanol–water partition coefficient (Wildman–Crippen LogP) is 2.54. The summed E-state index contributed by atoms with van der Waals surface area (Å²) in [7, 11) is 0. The van der Waals surface area contributed by atoms with Crippen molar-refractivity contribution in [3.63, 3.8) is 0 Å². The molecule has 1 aromatic rings. The third-order valence-corrected chi connectivity index (χ3v) is 1.82. The number of halogens is 2. The summed E-state index contributed by atoms with van der Waals surface area (Å²) in [4.78, 5) is 13.3. The van der Waals surface area contributed by atoms with Gasteiger partial charge in [-0.05, 0) is 22.9 Å². The fraction of sp³-hybridized carbons (Fsp3) is 0.375. The predicted molar refractivity (Wildman–Crippen MR) is 45.3 cm³/mol. The Bertz CT molecular complexity index is 380. The standard InChI is InChI=1S/C8H8F2N2O2/c1-4-3-6(7(9)10)5(2)8(11-4)12(13)14/h3,7H,1-2H3. The normalized spacial score (nSPS) is 10.6. The molecule has 0 saturated carbocycles. The van der Waals surface area contributed by atoms with E-state index in [9.17, 15) is 18.9 Å². The number of alkyl halides is 2. The van der Waals surface area contributed by atoms with E-state index < -0.39 is 17.2 Å². The fourth-order valence-corrected chi connectivity index (χ4v) is 1.15. The maximum atomic E-state index is 12.4. The number of pyridine rings is 1. The van der Waals surface area contributed by atoms with Gasteiger partial charge in [0.25, 0.3) is 6.43 Å². The van der Waals surface area contributed by atoms with Gasteiger partial charge in [0.15, 0.2) is 5.69 Å². The summed E-state index contributed by atoms with van der Waals surface area (Å²) >= 11 is 0. The third-order valence-electron chi connectivity index (χ3n) is 1.82. The van der Waals surface area contributed by atoms with Crippen molar-refractivity contribution in [1.82, 2.24) is 4.98 Å². The molecule has 1 heterocycles. The molecule has 0 unspecified atom stereocenters. The Kier molecular flexibility index (Phi) is 2.73. The number of aryl methyl sites for hydroxylation is 1. The molecule has 0 spiro atoms. The zero-order valence-electron chi connectivity index (χ0n) is 7.62. The van der Waals surface area contributed by atoms with Crippen LogP contribution in [0.1, 0.15) is 23.2 Å². The zero-order valence-corrected chi connectivity index (χ0v) is 7.62. The highest BCUT2D eigenvalue weighted by Gasteiger charge is 2.22. The van der Waals surface area contributed by atoms with Crippen molar-refractivity contribution in [3.8, 4) is 0 Å². The summed E-state index contributed by atoms with van der Waals surface area (Å²) < 4.78 is 24.8. The van der Waals surface area contributed by atoms with Gasteiger partial charge in [0.1, 0.15) is 0 Å². The summed E-state index contributed by atoms with van der Waals surface area (Å²) in [5.41, 5.74) is -0.183. The summed E-state index contributed by atoms with van der Waals surface area (Å²) in [6, 6.07) is 1.16. The van der Waals surface area contributed by atoms with E-state index in [1.54, 1.807) is 0 Å². The molecule has 14 heavy (non-hydrogen) atoms. The van der Waals surface area contributed by atoms with Crippen LogP contribution in [0.3, 0.4) is 0 Å². The first-order valence-electron chi connectivity index (χ1n) is 3.84. The third kappa shape index (κ3) is 1.84. The minimum Gasteiger partial charge on any atom is -0.358 e. The van der Waals surface area contributed by atoms with Crippen molar-refractivity contribution >= 4 is 5.82 Å². The minimum atomic E-state index is -2.71. The second-order valence-corrected chi connectivity index (χ2v) is 2.86. The molecule has 0 fully saturated rings. The molecule has 1 aromatic heterocycles. The number of rotatable bonds is 2. The Morgan fingerprint density at radius 3 is 2.50 bits per heavy atom. The second kappa shape index (κ2) is 3.65.